The van der Waals surface area contributed by atoms with Gasteiger partial charge in [0.05, 0.1) is 0 Å². The second-order valence-corrected chi connectivity index (χ2v) is 6.57. The third-order valence-corrected chi connectivity index (χ3v) is 4.81. The third kappa shape index (κ3) is 4.14. The van der Waals surface area contributed by atoms with Crippen LogP contribution in [0.5, 0.6) is 0 Å². The zero-order chi connectivity index (χ0) is 15.4. The van der Waals surface area contributed by atoms with Gasteiger partial charge in [-0.1, -0.05) is 60.7 Å². The first-order valence-corrected chi connectivity index (χ1v) is 8.20. The van der Waals surface area contributed by atoms with Crippen LogP contribution in [0.3, 0.4) is 0 Å². The highest BCUT2D eigenvalue weighted by Gasteiger charge is 2.35. The smallest absolute Gasteiger partial charge is 0.115 e. The number of hydrogen-bond donors (Lipinski definition) is 1. The molecule has 0 bridgehead atoms. The summed E-state index contributed by atoms with van der Waals surface area (Å²) in [5.41, 5.74) is 1.09. The van der Waals surface area contributed by atoms with Gasteiger partial charge in [-0.15, -0.1) is 12.4 Å². The Morgan fingerprint density at radius 1 is 1.00 bits per heavy atom. The van der Waals surface area contributed by atoms with Crippen molar-refractivity contribution in [3.8, 4) is 0 Å². The van der Waals surface area contributed by atoms with Gasteiger partial charge in [0.25, 0.3) is 0 Å². The number of halogens is 1. The van der Waals surface area contributed by atoms with Crippen molar-refractivity contribution in [2.75, 3.05) is 20.1 Å². The summed E-state index contributed by atoms with van der Waals surface area (Å²) in [5.74, 6) is 0.532. The fourth-order valence-electron chi connectivity index (χ4n) is 3.69. The maximum absolute atomic E-state index is 11.6. The summed E-state index contributed by atoms with van der Waals surface area (Å²) >= 11 is 0. The molecule has 0 aromatic heterocycles. The third-order valence-electron chi connectivity index (χ3n) is 4.81. The predicted octanol–water partition coefficient (Wildman–Crippen LogP) is 4.08. The Bertz CT molecular complexity index is 548. The van der Waals surface area contributed by atoms with E-state index in [1.165, 1.54) is 19.4 Å². The van der Waals surface area contributed by atoms with E-state index >= 15 is 0 Å². The molecule has 0 spiro atoms. The van der Waals surface area contributed by atoms with E-state index in [1.807, 2.05) is 60.7 Å². The van der Waals surface area contributed by atoms with Crippen LogP contribution in [0.15, 0.2) is 60.7 Å². The largest absolute Gasteiger partial charge is 0.380 e. The molecule has 1 aliphatic rings. The molecule has 1 atom stereocenters. The van der Waals surface area contributed by atoms with Crippen molar-refractivity contribution < 1.29 is 5.11 Å². The van der Waals surface area contributed by atoms with Gasteiger partial charge in [0, 0.05) is 6.54 Å². The van der Waals surface area contributed by atoms with Crippen molar-refractivity contribution in [1.82, 2.24) is 4.90 Å². The van der Waals surface area contributed by atoms with Gasteiger partial charge in [0.2, 0.25) is 0 Å². The normalized spacial score (nSPS) is 19.1. The van der Waals surface area contributed by atoms with Gasteiger partial charge in [-0.05, 0) is 49.9 Å². The van der Waals surface area contributed by atoms with Crippen molar-refractivity contribution in [3.63, 3.8) is 0 Å². The van der Waals surface area contributed by atoms with E-state index in [0.29, 0.717) is 5.92 Å². The molecule has 1 heterocycles. The molecule has 0 aliphatic carbocycles. The maximum Gasteiger partial charge on any atom is 0.115 e. The minimum atomic E-state index is -0.897. The van der Waals surface area contributed by atoms with Gasteiger partial charge in [0.1, 0.15) is 5.60 Å². The number of piperidine rings is 1. The summed E-state index contributed by atoms with van der Waals surface area (Å²) < 4.78 is 0. The highest BCUT2D eigenvalue weighted by Crippen LogP contribution is 2.37. The summed E-state index contributed by atoms with van der Waals surface area (Å²) in [4.78, 5) is 2.38. The van der Waals surface area contributed by atoms with E-state index in [9.17, 15) is 5.11 Å². The lowest BCUT2D eigenvalue weighted by Gasteiger charge is -2.37. The van der Waals surface area contributed by atoms with E-state index in [0.717, 1.165) is 24.1 Å². The molecule has 3 rings (SSSR count). The van der Waals surface area contributed by atoms with Gasteiger partial charge in [-0.3, -0.25) is 0 Å². The summed E-state index contributed by atoms with van der Waals surface area (Å²) in [5, 5.41) is 11.6. The number of rotatable bonds is 4. The number of benzene rings is 2. The minimum Gasteiger partial charge on any atom is -0.380 e. The first kappa shape index (κ1) is 18.0. The van der Waals surface area contributed by atoms with Crippen LogP contribution < -0.4 is 0 Å². The molecule has 0 radical (unpaired) electrons. The van der Waals surface area contributed by atoms with E-state index in [1.54, 1.807) is 0 Å². The number of likely N-dealkylation sites (tertiary alicyclic amines) is 1. The second-order valence-electron chi connectivity index (χ2n) is 6.57. The lowest BCUT2D eigenvalue weighted by atomic mass is 9.77. The SMILES string of the molecule is CN1CCCC(CC(O)(c2ccccc2)c2ccccc2)C1.Cl. The molecular formula is C20H26ClNO. The Kier molecular flexibility index (Phi) is 6.23. The molecule has 1 saturated heterocycles. The average molecular weight is 332 g/mol. The molecular weight excluding hydrogens is 306 g/mol. The molecule has 1 N–H and O–H groups in total. The molecule has 0 saturated carbocycles. The molecule has 1 fully saturated rings. The van der Waals surface area contributed by atoms with E-state index in [-0.39, 0.29) is 12.4 Å². The quantitative estimate of drug-likeness (QED) is 0.912. The topological polar surface area (TPSA) is 23.5 Å². The zero-order valence-corrected chi connectivity index (χ0v) is 14.5. The molecule has 0 amide bonds. The molecule has 124 valence electrons. The maximum atomic E-state index is 11.6. The first-order valence-electron chi connectivity index (χ1n) is 8.20. The van der Waals surface area contributed by atoms with Gasteiger partial charge < -0.3 is 10.0 Å². The average Bonchev–Trinajstić information content (AvgIpc) is 2.56. The van der Waals surface area contributed by atoms with Crippen LogP contribution in [0.1, 0.15) is 30.4 Å². The molecule has 3 heteroatoms. The van der Waals surface area contributed by atoms with Crippen LogP contribution in [0, 0.1) is 5.92 Å². The highest BCUT2D eigenvalue weighted by atomic mass is 35.5. The van der Waals surface area contributed by atoms with Crippen molar-refractivity contribution in [2.45, 2.75) is 24.9 Å². The van der Waals surface area contributed by atoms with Gasteiger partial charge in [-0.25, -0.2) is 0 Å². The monoisotopic (exact) mass is 331 g/mol. The van der Waals surface area contributed by atoms with E-state index in [4.69, 9.17) is 0 Å². The van der Waals surface area contributed by atoms with Gasteiger partial charge in [-0.2, -0.15) is 0 Å². The molecule has 2 aromatic carbocycles. The Morgan fingerprint density at radius 2 is 1.52 bits per heavy atom. The van der Waals surface area contributed by atoms with Crippen LogP contribution in [0.4, 0.5) is 0 Å². The van der Waals surface area contributed by atoms with Crippen LogP contribution in [-0.2, 0) is 5.60 Å². The first-order chi connectivity index (χ1) is 10.7. The van der Waals surface area contributed by atoms with Gasteiger partial charge in [0.15, 0.2) is 0 Å². The fourth-order valence-corrected chi connectivity index (χ4v) is 3.69. The van der Waals surface area contributed by atoms with Crippen molar-refractivity contribution >= 4 is 12.4 Å². The van der Waals surface area contributed by atoms with E-state index < -0.39 is 5.60 Å². The summed E-state index contributed by atoms with van der Waals surface area (Å²) in [7, 11) is 2.18. The van der Waals surface area contributed by atoms with Crippen molar-refractivity contribution in [1.29, 1.82) is 0 Å². The molecule has 1 aliphatic heterocycles. The summed E-state index contributed by atoms with van der Waals surface area (Å²) in [6.07, 6.45) is 3.21. The van der Waals surface area contributed by atoms with Crippen molar-refractivity contribution in [3.05, 3.63) is 71.8 Å². The molecule has 2 nitrogen and oxygen atoms in total. The zero-order valence-electron chi connectivity index (χ0n) is 13.7. The minimum absolute atomic E-state index is 0. The number of hydrogen-bond acceptors (Lipinski definition) is 2. The van der Waals surface area contributed by atoms with E-state index in [2.05, 4.69) is 11.9 Å². The van der Waals surface area contributed by atoms with Crippen LogP contribution >= 0.6 is 12.4 Å². The van der Waals surface area contributed by atoms with Crippen LogP contribution in [0.2, 0.25) is 0 Å². The summed E-state index contributed by atoms with van der Waals surface area (Å²) in [6, 6.07) is 20.2. The molecule has 23 heavy (non-hydrogen) atoms. The second kappa shape index (κ2) is 7.96. The molecule has 2 aromatic rings. The summed E-state index contributed by atoms with van der Waals surface area (Å²) in [6.45, 7) is 2.24. The predicted molar refractivity (Wildman–Crippen MR) is 98.0 cm³/mol. The lowest BCUT2D eigenvalue weighted by molar-refractivity contribution is 0.0367. The lowest BCUT2D eigenvalue weighted by Crippen LogP contribution is -2.38. The molecule has 1 unspecified atom stereocenters. The Hall–Kier alpha value is -1.35. The van der Waals surface area contributed by atoms with Crippen LogP contribution in [-0.4, -0.2) is 30.1 Å². The fraction of sp³-hybridized carbons (Fsp3) is 0.400. The Balaban J connectivity index is 0.00000192. The highest BCUT2D eigenvalue weighted by molar-refractivity contribution is 5.85. The Morgan fingerprint density at radius 3 is 2.00 bits per heavy atom. The standard InChI is InChI=1S/C20H25NO.ClH/c1-21-14-8-9-17(16-21)15-20(22,18-10-4-2-5-11-18)19-12-6-3-7-13-19;/h2-7,10-13,17,22H,8-9,14-16H2,1H3;1H. The van der Waals surface area contributed by atoms with Crippen LogP contribution in [0.25, 0.3) is 0 Å². The number of aliphatic hydroxyl groups is 1. The van der Waals surface area contributed by atoms with Gasteiger partial charge >= 0.3 is 0 Å². The number of nitrogens with zero attached hydrogens (tertiary/aromatic N) is 1. The Labute approximate surface area is 145 Å². The van der Waals surface area contributed by atoms with Crippen molar-refractivity contribution in [2.24, 2.45) is 5.92 Å².